The van der Waals surface area contributed by atoms with Crippen molar-refractivity contribution in [3.63, 3.8) is 0 Å². The van der Waals surface area contributed by atoms with Crippen molar-refractivity contribution in [3.8, 4) is 0 Å². The van der Waals surface area contributed by atoms with Crippen LogP contribution in [0.5, 0.6) is 0 Å². The number of aryl methyl sites for hydroxylation is 1. The normalized spacial score (nSPS) is 11.9. The zero-order valence-electron chi connectivity index (χ0n) is 8.07. The van der Waals surface area contributed by atoms with Gasteiger partial charge in [-0.15, -0.1) is 0 Å². The van der Waals surface area contributed by atoms with Crippen molar-refractivity contribution in [1.82, 2.24) is 0 Å². The standard InChI is InChI=1S/C11H9ClO2S/c1-8-6-9-4-2-3-5-10(9)7-11(8)15(12,13)14/h2-7H,1H3. The molecule has 2 aromatic rings. The predicted octanol–water partition coefficient (Wildman–Crippen LogP) is 3.08. The third-order valence-corrected chi connectivity index (χ3v) is 3.77. The van der Waals surface area contributed by atoms with Gasteiger partial charge in [0.2, 0.25) is 0 Å². The van der Waals surface area contributed by atoms with Crippen molar-refractivity contribution in [1.29, 1.82) is 0 Å². The number of hydrogen-bond donors (Lipinski definition) is 0. The van der Waals surface area contributed by atoms with Crippen molar-refractivity contribution < 1.29 is 8.42 Å². The monoisotopic (exact) mass is 240 g/mol. The van der Waals surface area contributed by atoms with Crippen LogP contribution >= 0.6 is 10.7 Å². The molecule has 0 aliphatic carbocycles. The van der Waals surface area contributed by atoms with Crippen molar-refractivity contribution in [2.24, 2.45) is 0 Å². The molecule has 0 fully saturated rings. The fraction of sp³-hybridized carbons (Fsp3) is 0.0909. The summed E-state index contributed by atoms with van der Waals surface area (Å²) in [4.78, 5) is 0.183. The summed E-state index contributed by atoms with van der Waals surface area (Å²) in [6.45, 7) is 1.74. The summed E-state index contributed by atoms with van der Waals surface area (Å²) in [7, 11) is 1.68. The maximum absolute atomic E-state index is 11.3. The van der Waals surface area contributed by atoms with Gasteiger partial charge in [-0.05, 0) is 29.3 Å². The van der Waals surface area contributed by atoms with E-state index in [2.05, 4.69) is 0 Å². The molecule has 0 saturated heterocycles. The first-order chi connectivity index (χ1) is 6.98. The third-order valence-electron chi connectivity index (χ3n) is 2.31. The van der Waals surface area contributed by atoms with Gasteiger partial charge in [-0.25, -0.2) is 8.42 Å². The molecule has 0 aromatic heterocycles. The average Bonchev–Trinajstić information content (AvgIpc) is 2.15. The SMILES string of the molecule is Cc1cc2ccccc2cc1S(=O)(=O)Cl. The van der Waals surface area contributed by atoms with Gasteiger partial charge in [0.25, 0.3) is 9.05 Å². The Labute approximate surface area is 92.9 Å². The molecule has 0 bridgehead atoms. The molecule has 0 N–H and O–H groups in total. The fourth-order valence-corrected chi connectivity index (χ4v) is 2.81. The van der Waals surface area contributed by atoms with E-state index in [1.165, 1.54) is 0 Å². The van der Waals surface area contributed by atoms with E-state index in [1.54, 1.807) is 13.0 Å². The fourth-order valence-electron chi connectivity index (χ4n) is 1.60. The third kappa shape index (κ3) is 1.98. The minimum atomic E-state index is -3.65. The van der Waals surface area contributed by atoms with Crippen LogP contribution in [0.3, 0.4) is 0 Å². The van der Waals surface area contributed by atoms with Crippen LogP contribution in [-0.4, -0.2) is 8.42 Å². The van der Waals surface area contributed by atoms with Gasteiger partial charge in [0.05, 0.1) is 4.90 Å². The van der Waals surface area contributed by atoms with Crippen LogP contribution in [0, 0.1) is 6.92 Å². The molecule has 0 atom stereocenters. The molecule has 0 unspecified atom stereocenters. The topological polar surface area (TPSA) is 34.1 Å². The molecule has 4 heteroatoms. The second-order valence-corrected chi connectivity index (χ2v) is 5.94. The minimum absolute atomic E-state index is 0.183. The summed E-state index contributed by atoms with van der Waals surface area (Å²) >= 11 is 0. The summed E-state index contributed by atoms with van der Waals surface area (Å²) in [6, 6.07) is 11.0. The maximum atomic E-state index is 11.3. The van der Waals surface area contributed by atoms with Gasteiger partial charge in [-0.3, -0.25) is 0 Å². The van der Waals surface area contributed by atoms with Crippen molar-refractivity contribution >= 4 is 30.5 Å². The Morgan fingerprint density at radius 2 is 1.60 bits per heavy atom. The molecule has 2 aromatic carbocycles. The number of halogens is 1. The van der Waals surface area contributed by atoms with Gasteiger partial charge in [-0.2, -0.15) is 0 Å². The molecule has 2 nitrogen and oxygen atoms in total. The Balaban J connectivity index is 2.84. The van der Waals surface area contributed by atoms with E-state index in [1.807, 2.05) is 30.3 Å². The van der Waals surface area contributed by atoms with E-state index in [0.29, 0.717) is 5.56 Å². The van der Waals surface area contributed by atoms with Crippen LogP contribution in [0.4, 0.5) is 0 Å². The highest BCUT2D eigenvalue weighted by molar-refractivity contribution is 8.13. The molecule has 78 valence electrons. The first-order valence-corrected chi connectivity index (χ1v) is 6.73. The van der Waals surface area contributed by atoms with Crippen LogP contribution in [0.15, 0.2) is 41.3 Å². The van der Waals surface area contributed by atoms with E-state index in [-0.39, 0.29) is 4.90 Å². The summed E-state index contributed by atoms with van der Waals surface area (Å²) in [5, 5.41) is 1.89. The lowest BCUT2D eigenvalue weighted by Gasteiger charge is -2.04. The highest BCUT2D eigenvalue weighted by Crippen LogP contribution is 2.25. The second-order valence-electron chi connectivity index (χ2n) is 3.40. The Hall–Kier alpha value is -1.06. The van der Waals surface area contributed by atoms with E-state index in [9.17, 15) is 8.42 Å². The summed E-state index contributed by atoms with van der Waals surface area (Å²) in [5.41, 5.74) is 0.670. The van der Waals surface area contributed by atoms with Gasteiger partial charge in [0, 0.05) is 10.7 Å². The summed E-state index contributed by atoms with van der Waals surface area (Å²) in [6.07, 6.45) is 0. The zero-order valence-corrected chi connectivity index (χ0v) is 9.64. The molecule has 2 rings (SSSR count). The summed E-state index contributed by atoms with van der Waals surface area (Å²) in [5.74, 6) is 0. The van der Waals surface area contributed by atoms with Gasteiger partial charge in [0.15, 0.2) is 0 Å². The average molecular weight is 241 g/mol. The van der Waals surface area contributed by atoms with Crippen LogP contribution < -0.4 is 0 Å². The first-order valence-electron chi connectivity index (χ1n) is 4.42. The Kier molecular flexibility index (Phi) is 2.44. The Morgan fingerprint density at radius 1 is 1.07 bits per heavy atom. The molecule has 0 radical (unpaired) electrons. The van der Waals surface area contributed by atoms with Crippen molar-refractivity contribution in [2.45, 2.75) is 11.8 Å². The highest BCUT2D eigenvalue weighted by Gasteiger charge is 2.13. The van der Waals surface area contributed by atoms with Gasteiger partial charge in [0.1, 0.15) is 0 Å². The van der Waals surface area contributed by atoms with Gasteiger partial charge >= 0.3 is 0 Å². The van der Waals surface area contributed by atoms with Crippen LogP contribution in [0.25, 0.3) is 10.8 Å². The molecule has 0 aliphatic heterocycles. The van der Waals surface area contributed by atoms with Crippen LogP contribution in [0.2, 0.25) is 0 Å². The quantitative estimate of drug-likeness (QED) is 0.718. The Bertz CT molecular complexity index is 618. The maximum Gasteiger partial charge on any atom is 0.261 e. The molecule has 15 heavy (non-hydrogen) atoms. The molecule has 0 saturated carbocycles. The van der Waals surface area contributed by atoms with Gasteiger partial charge < -0.3 is 0 Å². The lowest BCUT2D eigenvalue weighted by Crippen LogP contribution is -1.94. The summed E-state index contributed by atoms with van der Waals surface area (Å²) < 4.78 is 22.5. The number of hydrogen-bond acceptors (Lipinski definition) is 2. The highest BCUT2D eigenvalue weighted by atomic mass is 35.7. The van der Waals surface area contributed by atoms with Crippen molar-refractivity contribution in [2.75, 3.05) is 0 Å². The van der Waals surface area contributed by atoms with E-state index in [4.69, 9.17) is 10.7 Å². The van der Waals surface area contributed by atoms with E-state index >= 15 is 0 Å². The van der Waals surface area contributed by atoms with Crippen LogP contribution in [-0.2, 0) is 9.05 Å². The minimum Gasteiger partial charge on any atom is -0.207 e. The number of fused-ring (bicyclic) bond motifs is 1. The molecule has 0 aliphatic rings. The van der Waals surface area contributed by atoms with Crippen molar-refractivity contribution in [3.05, 3.63) is 42.0 Å². The van der Waals surface area contributed by atoms with E-state index in [0.717, 1.165) is 10.8 Å². The number of benzene rings is 2. The first kappa shape index (κ1) is 10.5. The van der Waals surface area contributed by atoms with Gasteiger partial charge in [-0.1, -0.05) is 30.3 Å². The molecule has 0 spiro atoms. The predicted molar refractivity (Wildman–Crippen MR) is 61.7 cm³/mol. The van der Waals surface area contributed by atoms with Crippen LogP contribution in [0.1, 0.15) is 5.56 Å². The molecular weight excluding hydrogens is 232 g/mol. The molecule has 0 heterocycles. The lowest BCUT2D eigenvalue weighted by atomic mass is 10.1. The number of rotatable bonds is 1. The molecular formula is C11H9ClO2S. The largest absolute Gasteiger partial charge is 0.261 e. The lowest BCUT2D eigenvalue weighted by molar-refractivity contribution is 0.609. The second kappa shape index (κ2) is 3.51. The molecule has 0 amide bonds. The zero-order chi connectivity index (χ0) is 11.1. The Morgan fingerprint density at radius 3 is 2.13 bits per heavy atom. The smallest absolute Gasteiger partial charge is 0.207 e. The van der Waals surface area contributed by atoms with E-state index < -0.39 is 9.05 Å².